The number of rotatable bonds is 3. The number of nitrogens with zero attached hydrogens (tertiary/aromatic N) is 2. The summed E-state index contributed by atoms with van der Waals surface area (Å²) in [6.45, 7) is 1.67. The van der Waals surface area contributed by atoms with E-state index in [-0.39, 0.29) is 23.9 Å². The Morgan fingerprint density at radius 1 is 1.00 bits per heavy atom. The third-order valence-corrected chi connectivity index (χ3v) is 6.12. The van der Waals surface area contributed by atoms with E-state index in [9.17, 15) is 18.4 Å². The molecule has 3 fully saturated rings. The highest BCUT2D eigenvalue weighted by molar-refractivity contribution is 5.94. The molecule has 28 heavy (non-hydrogen) atoms. The SMILES string of the molecule is Cl.O=C(CC1CC2CCC(C1)N2)N1CCN(C(=O)c2ccc(F)cc2F)CC1. The molecule has 2 amide bonds. The monoisotopic (exact) mass is 413 g/mol. The number of fused-ring (bicyclic) bond motifs is 2. The molecule has 0 aromatic heterocycles. The molecule has 0 aliphatic carbocycles. The molecule has 1 aromatic carbocycles. The van der Waals surface area contributed by atoms with E-state index in [0.29, 0.717) is 50.6 Å². The Hall–Kier alpha value is -1.73. The zero-order valence-corrected chi connectivity index (χ0v) is 16.5. The van der Waals surface area contributed by atoms with Crippen LogP contribution in [0.4, 0.5) is 8.78 Å². The maximum Gasteiger partial charge on any atom is 0.256 e. The first kappa shape index (κ1) is 21.0. The van der Waals surface area contributed by atoms with Gasteiger partial charge in [-0.3, -0.25) is 9.59 Å². The molecule has 5 nitrogen and oxygen atoms in total. The van der Waals surface area contributed by atoms with E-state index in [0.717, 1.165) is 25.0 Å². The van der Waals surface area contributed by atoms with Crippen LogP contribution in [0.3, 0.4) is 0 Å². The molecular weight excluding hydrogens is 388 g/mol. The van der Waals surface area contributed by atoms with Crippen molar-refractivity contribution < 1.29 is 18.4 Å². The van der Waals surface area contributed by atoms with Gasteiger partial charge in [-0.1, -0.05) is 0 Å². The van der Waals surface area contributed by atoms with Gasteiger partial charge in [-0.2, -0.15) is 0 Å². The number of piperidine rings is 1. The number of piperazine rings is 1. The molecule has 1 aromatic rings. The summed E-state index contributed by atoms with van der Waals surface area (Å²) in [5, 5.41) is 3.59. The van der Waals surface area contributed by atoms with E-state index < -0.39 is 17.5 Å². The quantitative estimate of drug-likeness (QED) is 0.828. The van der Waals surface area contributed by atoms with Gasteiger partial charge in [-0.15, -0.1) is 12.4 Å². The van der Waals surface area contributed by atoms with Gasteiger partial charge in [-0.25, -0.2) is 8.78 Å². The summed E-state index contributed by atoms with van der Waals surface area (Å²) < 4.78 is 26.9. The van der Waals surface area contributed by atoms with E-state index >= 15 is 0 Å². The summed E-state index contributed by atoms with van der Waals surface area (Å²) in [6, 6.07) is 4.13. The first-order valence-electron chi connectivity index (χ1n) is 9.78. The molecule has 2 bridgehead atoms. The largest absolute Gasteiger partial charge is 0.339 e. The molecule has 3 aliphatic heterocycles. The molecule has 0 spiro atoms. The summed E-state index contributed by atoms with van der Waals surface area (Å²) in [6.07, 6.45) is 5.16. The standard InChI is InChI=1S/C20H25F2N3O2.ClH/c21-14-1-4-17(18(22)12-14)20(27)25-7-5-24(6-8-25)19(26)11-13-9-15-2-3-16(10-13)23-15;/h1,4,12-13,15-16,23H,2-3,5-11H2;1H. The van der Waals surface area contributed by atoms with Crippen LogP contribution in [0.25, 0.3) is 0 Å². The topological polar surface area (TPSA) is 52.7 Å². The second-order valence-electron chi connectivity index (χ2n) is 7.98. The van der Waals surface area contributed by atoms with E-state index in [1.54, 1.807) is 0 Å². The van der Waals surface area contributed by atoms with Crippen molar-refractivity contribution in [1.82, 2.24) is 15.1 Å². The molecule has 1 N–H and O–H groups in total. The van der Waals surface area contributed by atoms with Crippen LogP contribution >= 0.6 is 12.4 Å². The second kappa shape index (κ2) is 8.74. The van der Waals surface area contributed by atoms with Crippen LogP contribution in [0.2, 0.25) is 0 Å². The highest BCUT2D eigenvalue weighted by atomic mass is 35.5. The van der Waals surface area contributed by atoms with Crippen LogP contribution in [-0.2, 0) is 4.79 Å². The Morgan fingerprint density at radius 2 is 1.61 bits per heavy atom. The van der Waals surface area contributed by atoms with Gasteiger partial charge in [0.1, 0.15) is 11.6 Å². The molecule has 2 unspecified atom stereocenters. The van der Waals surface area contributed by atoms with Crippen LogP contribution in [0, 0.1) is 17.6 Å². The van der Waals surface area contributed by atoms with Crippen LogP contribution in [-0.4, -0.2) is 59.9 Å². The summed E-state index contributed by atoms with van der Waals surface area (Å²) in [5.41, 5.74) is -0.124. The van der Waals surface area contributed by atoms with Crippen molar-refractivity contribution in [2.45, 2.75) is 44.2 Å². The zero-order chi connectivity index (χ0) is 19.0. The van der Waals surface area contributed by atoms with Crippen LogP contribution in [0.15, 0.2) is 18.2 Å². The number of benzene rings is 1. The number of hydrogen-bond donors (Lipinski definition) is 1. The Bertz CT molecular complexity index is 728. The molecule has 3 heterocycles. The predicted molar refractivity (Wildman–Crippen MR) is 103 cm³/mol. The highest BCUT2D eigenvalue weighted by Crippen LogP contribution is 2.33. The summed E-state index contributed by atoms with van der Waals surface area (Å²) in [5.74, 6) is -1.40. The van der Waals surface area contributed by atoms with Crippen LogP contribution < -0.4 is 5.32 Å². The molecule has 3 saturated heterocycles. The number of halogens is 3. The number of carbonyl (C=O) groups excluding carboxylic acids is 2. The highest BCUT2D eigenvalue weighted by Gasteiger charge is 2.35. The Kier molecular flexibility index (Phi) is 6.55. The van der Waals surface area contributed by atoms with Gasteiger partial charge in [0.25, 0.3) is 5.91 Å². The fourth-order valence-electron chi connectivity index (χ4n) is 4.71. The summed E-state index contributed by atoms with van der Waals surface area (Å²) >= 11 is 0. The third-order valence-electron chi connectivity index (χ3n) is 6.12. The van der Waals surface area contributed by atoms with E-state index in [2.05, 4.69) is 5.32 Å². The van der Waals surface area contributed by atoms with Crippen LogP contribution in [0.5, 0.6) is 0 Å². The minimum absolute atomic E-state index is 0. The van der Waals surface area contributed by atoms with Gasteiger partial charge in [-0.05, 0) is 43.7 Å². The van der Waals surface area contributed by atoms with Gasteiger partial charge >= 0.3 is 0 Å². The molecule has 8 heteroatoms. The zero-order valence-electron chi connectivity index (χ0n) is 15.7. The molecule has 154 valence electrons. The predicted octanol–water partition coefficient (Wildman–Crippen LogP) is 2.59. The minimum Gasteiger partial charge on any atom is -0.339 e. The Morgan fingerprint density at radius 3 is 2.21 bits per heavy atom. The van der Waals surface area contributed by atoms with Crippen LogP contribution in [0.1, 0.15) is 42.5 Å². The first-order chi connectivity index (χ1) is 13.0. The van der Waals surface area contributed by atoms with E-state index in [1.807, 2.05) is 4.90 Å². The lowest BCUT2D eigenvalue weighted by atomic mass is 9.89. The average Bonchev–Trinajstić information content (AvgIpc) is 2.99. The Balaban J connectivity index is 0.00000225. The lowest BCUT2D eigenvalue weighted by Crippen LogP contribution is -2.51. The van der Waals surface area contributed by atoms with Gasteiger partial charge in [0.15, 0.2) is 0 Å². The van der Waals surface area contributed by atoms with Gasteiger partial charge < -0.3 is 15.1 Å². The molecule has 0 saturated carbocycles. The maximum atomic E-state index is 13.8. The van der Waals surface area contributed by atoms with Crippen molar-refractivity contribution in [3.05, 3.63) is 35.4 Å². The smallest absolute Gasteiger partial charge is 0.256 e. The van der Waals surface area contributed by atoms with Crippen molar-refractivity contribution in [2.24, 2.45) is 5.92 Å². The van der Waals surface area contributed by atoms with Crippen molar-refractivity contribution in [2.75, 3.05) is 26.2 Å². The summed E-state index contributed by atoms with van der Waals surface area (Å²) in [4.78, 5) is 28.4. The van der Waals surface area contributed by atoms with Gasteiger partial charge in [0, 0.05) is 50.7 Å². The molecule has 4 rings (SSSR count). The van der Waals surface area contributed by atoms with Crippen molar-refractivity contribution in [1.29, 1.82) is 0 Å². The fraction of sp³-hybridized carbons (Fsp3) is 0.600. The van der Waals surface area contributed by atoms with Gasteiger partial charge in [0.05, 0.1) is 5.56 Å². The Labute approximate surface area is 169 Å². The van der Waals surface area contributed by atoms with E-state index in [4.69, 9.17) is 0 Å². The average molecular weight is 414 g/mol. The van der Waals surface area contributed by atoms with Crippen molar-refractivity contribution >= 4 is 24.2 Å². The summed E-state index contributed by atoms with van der Waals surface area (Å²) in [7, 11) is 0. The first-order valence-corrected chi connectivity index (χ1v) is 9.78. The van der Waals surface area contributed by atoms with E-state index in [1.165, 1.54) is 23.8 Å². The second-order valence-corrected chi connectivity index (χ2v) is 7.98. The van der Waals surface area contributed by atoms with Gasteiger partial charge in [0.2, 0.25) is 5.91 Å². The number of carbonyl (C=O) groups is 2. The normalized spacial score (nSPS) is 26.7. The minimum atomic E-state index is -0.848. The lowest BCUT2D eigenvalue weighted by Gasteiger charge is -2.36. The molecule has 2 atom stereocenters. The number of amides is 2. The number of hydrogen-bond acceptors (Lipinski definition) is 3. The molecular formula is C20H26ClF2N3O2. The van der Waals surface area contributed by atoms with Crippen molar-refractivity contribution in [3.63, 3.8) is 0 Å². The fourth-order valence-corrected chi connectivity index (χ4v) is 4.71. The lowest BCUT2D eigenvalue weighted by molar-refractivity contribution is -0.134. The maximum absolute atomic E-state index is 13.8. The third kappa shape index (κ3) is 4.46. The number of nitrogens with one attached hydrogen (secondary N) is 1. The molecule has 0 radical (unpaired) electrons. The molecule has 3 aliphatic rings. The van der Waals surface area contributed by atoms with Crippen molar-refractivity contribution in [3.8, 4) is 0 Å².